The van der Waals surface area contributed by atoms with Crippen LogP contribution in [0.1, 0.15) is 19.8 Å². The molecule has 0 saturated heterocycles. The van der Waals surface area contributed by atoms with E-state index >= 15 is 0 Å². The molecular formula is C8H12O3. The van der Waals surface area contributed by atoms with Crippen LogP contribution < -0.4 is 0 Å². The summed E-state index contributed by atoms with van der Waals surface area (Å²) in [7, 11) is 1.57. The summed E-state index contributed by atoms with van der Waals surface area (Å²) >= 11 is 0. The fraction of sp³-hybridized carbons (Fsp3) is 0.625. The van der Waals surface area contributed by atoms with Gasteiger partial charge in [0.1, 0.15) is 11.9 Å². The average molecular weight is 156 g/mol. The Morgan fingerprint density at radius 3 is 3.09 bits per heavy atom. The van der Waals surface area contributed by atoms with Crippen molar-refractivity contribution in [3.05, 3.63) is 11.8 Å². The van der Waals surface area contributed by atoms with Crippen LogP contribution in [-0.2, 0) is 14.3 Å². The van der Waals surface area contributed by atoms with Crippen LogP contribution in [0.15, 0.2) is 11.8 Å². The zero-order valence-corrected chi connectivity index (χ0v) is 6.79. The largest absolute Gasteiger partial charge is 0.501 e. The first-order valence-electron chi connectivity index (χ1n) is 3.71. The van der Waals surface area contributed by atoms with Gasteiger partial charge in [0.15, 0.2) is 0 Å². The molecule has 0 amide bonds. The predicted octanol–water partition coefficient (Wildman–Crippen LogP) is 1.24. The fourth-order valence-electron chi connectivity index (χ4n) is 1.02. The third kappa shape index (κ3) is 1.97. The average Bonchev–Trinajstić information content (AvgIpc) is 2.03. The van der Waals surface area contributed by atoms with E-state index in [-0.39, 0.29) is 12.1 Å². The molecule has 0 fully saturated rings. The minimum Gasteiger partial charge on any atom is -0.501 e. The van der Waals surface area contributed by atoms with Crippen LogP contribution in [0, 0.1) is 0 Å². The highest BCUT2D eigenvalue weighted by molar-refractivity contribution is 5.83. The van der Waals surface area contributed by atoms with Gasteiger partial charge in [0.2, 0.25) is 0 Å². The fourth-order valence-corrected chi connectivity index (χ4v) is 1.02. The van der Waals surface area contributed by atoms with Crippen molar-refractivity contribution in [1.29, 1.82) is 0 Å². The molecule has 1 unspecified atom stereocenters. The monoisotopic (exact) mass is 156 g/mol. The molecule has 0 aromatic heterocycles. The second-order valence-corrected chi connectivity index (χ2v) is 2.49. The number of rotatable bonds is 2. The van der Waals surface area contributed by atoms with E-state index in [4.69, 9.17) is 9.47 Å². The number of methoxy groups -OCH3 is 1. The number of hydrogen-bond donors (Lipinski definition) is 0. The summed E-state index contributed by atoms with van der Waals surface area (Å²) in [5.41, 5.74) is 0. The third-order valence-corrected chi connectivity index (χ3v) is 1.71. The van der Waals surface area contributed by atoms with E-state index in [9.17, 15) is 4.79 Å². The molecule has 0 N–H and O–H groups in total. The van der Waals surface area contributed by atoms with E-state index in [1.807, 2.05) is 6.92 Å². The molecule has 0 bridgehead atoms. The van der Waals surface area contributed by atoms with Gasteiger partial charge in [0, 0.05) is 6.42 Å². The molecule has 3 heteroatoms. The molecule has 0 aromatic rings. The number of ether oxygens (including phenoxy) is 2. The molecular weight excluding hydrogens is 144 g/mol. The third-order valence-electron chi connectivity index (χ3n) is 1.71. The van der Waals surface area contributed by atoms with Crippen LogP contribution in [0.4, 0.5) is 0 Å². The summed E-state index contributed by atoms with van der Waals surface area (Å²) in [6.07, 6.45) is 2.94. The molecule has 62 valence electrons. The van der Waals surface area contributed by atoms with Crippen molar-refractivity contribution in [3.63, 3.8) is 0 Å². The quantitative estimate of drug-likeness (QED) is 0.564. The summed E-state index contributed by atoms with van der Waals surface area (Å²) in [5.74, 6) is 0.424. The molecule has 11 heavy (non-hydrogen) atoms. The van der Waals surface area contributed by atoms with Crippen molar-refractivity contribution in [3.8, 4) is 0 Å². The molecule has 0 aliphatic carbocycles. The maximum Gasteiger partial charge on any atom is 0.334 e. The maximum absolute atomic E-state index is 10.8. The van der Waals surface area contributed by atoms with Crippen LogP contribution >= 0.6 is 0 Å². The summed E-state index contributed by atoms with van der Waals surface area (Å²) in [5, 5.41) is 0. The lowest BCUT2D eigenvalue weighted by molar-refractivity contribution is -0.145. The van der Waals surface area contributed by atoms with Gasteiger partial charge < -0.3 is 9.47 Å². The van der Waals surface area contributed by atoms with Gasteiger partial charge in [-0.05, 0) is 6.42 Å². The first-order valence-corrected chi connectivity index (χ1v) is 3.71. The van der Waals surface area contributed by atoms with E-state index in [1.165, 1.54) is 6.08 Å². The smallest absolute Gasteiger partial charge is 0.334 e. The van der Waals surface area contributed by atoms with Crippen molar-refractivity contribution >= 4 is 5.97 Å². The van der Waals surface area contributed by atoms with E-state index in [1.54, 1.807) is 7.11 Å². The molecule has 0 radical (unpaired) electrons. The van der Waals surface area contributed by atoms with Gasteiger partial charge in [-0.2, -0.15) is 0 Å². The van der Waals surface area contributed by atoms with Gasteiger partial charge in [0.25, 0.3) is 0 Å². The van der Waals surface area contributed by atoms with E-state index < -0.39 is 0 Å². The van der Waals surface area contributed by atoms with Crippen LogP contribution in [0.3, 0.4) is 0 Å². The first-order chi connectivity index (χ1) is 5.26. The Kier molecular flexibility index (Phi) is 2.52. The van der Waals surface area contributed by atoms with Gasteiger partial charge in [-0.25, -0.2) is 4.79 Å². The van der Waals surface area contributed by atoms with Gasteiger partial charge in [-0.15, -0.1) is 0 Å². The molecule has 0 aromatic carbocycles. The van der Waals surface area contributed by atoms with Gasteiger partial charge in [0.05, 0.1) is 13.2 Å². The maximum atomic E-state index is 10.8. The van der Waals surface area contributed by atoms with Crippen LogP contribution in [-0.4, -0.2) is 19.2 Å². The highest BCUT2D eigenvalue weighted by Gasteiger charge is 2.19. The lowest BCUT2D eigenvalue weighted by Gasteiger charge is -2.20. The van der Waals surface area contributed by atoms with Crippen molar-refractivity contribution in [2.45, 2.75) is 25.9 Å². The van der Waals surface area contributed by atoms with E-state index in [2.05, 4.69) is 0 Å². The zero-order valence-electron chi connectivity index (χ0n) is 6.79. The van der Waals surface area contributed by atoms with Gasteiger partial charge in [-0.3, -0.25) is 0 Å². The van der Waals surface area contributed by atoms with Crippen molar-refractivity contribution in [2.24, 2.45) is 0 Å². The highest BCUT2D eigenvalue weighted by atomic mass is 16.5. The summed E-state index contributed by atoms with van der Waals surface area (Å²) < 4.78 is 9.93. The molecule has 0 spiro atoms. The number of carbonyl (C=O) groups excluding carboxylic acids is 1. The lowest BCUT2D eigenvalue weighted by Crippen LogP contribution is -2.22. The topological polar surface area (TPSA) is 35.5 Å². The Bertz CT molecular complexity index is 184. The summed E-state index contributed by atoms with van der Waals surface area (Å²) in [6.45, 7) is 1.98. The number of carbonyl (C=O) groups is 1. The molecule has 1 heterocycles. The lowest BCUT2D eigenvalue weighted by atomic mass is 10.1. The SMILES string of the molecule is CCC1CC(OC)=CC(=O)O1. The van der Waals surface area contributed by atoms with Gasteiger partial charge >= 0.3 is 5.97 Å². The summed E-state index contributed by atoms with van der Waals surface area (Å²) in [6, 6.07) is 0. The Morgan fingerprint density at radius 1 is 1.82 bits per heavy atom. The molecule has 1 atom stereocenters. The van der Waals surface area contributed by atoms with Crippen molar-refractivity contribution in [2.75, 3.05) is 7.11 Å². The highest BCUT2D eigenvalue weighted by Crippen LogP contribution is 2.17. The first kappa shape index (κ1) is 8.11. The second kappa shape index (κ2) is 3.42. The Morgan fingerprint density at radius 2 is 2.55 bits per heavy atom. The Hall–Kier alpha value is -0.990. The Labute approximate surface area is 66.0 Å². The van der Waals surface area contributed by atoms with Crippen molar-refractivity contribution in [1.82, 2.24) is 0 Å². The second-order valence-electron chi connectivity index (χ2n) is 2.49. The molecule has 3 nitrogen and oxygen atoms in total. The molecule has 1 aliphatic heterocycles. The minimum absolute atomic E-state index is 0.00227. The zero-order chi connectivity index (χ0) is 8.27. The minimum atomic E-state index is -0.292. The standard InChI is InChI=1S/C8H12O3/c1-3-6-4-7(10-2)5-8(9)11-6/h5-6H,3-4H2,1-2H3. The molecule has 1 aliphatic rings. The van der Waals surface area contributed by atoms with Crippen LogP contribution in [0.5, 0.6) is 0 Å². The van der Waals surface area contributed by atoms with E-state index in [0.717, 1.165) is 6.42 Å². The predicted molar refractivity (Wildman–Crippen MR) is 39.9 cm³/mol. The van der Waals surface area contributed by atoms with E-state index in [0.29, 0.717) is 12.2 Å². The normalized spacial score (nSPS) is 24.0. The number of cyclic esters (lactones) is 1. The molecule has 1 rings (SSSR count). The van der Waals surface area contributed by atoms with Gasteiger partial charge in [-0.1, -0.05) is 6.92 Å². The molecule has 0 saturated carbocycles. The van der Waals surface area contributed by atoms with Crippen LogP contribution in [0.25, 0.3) is 0 Å². The van der Waals surface area contributed by atoms with Crippen molar-refractivity contribution < 1.29 is 14.3 Å². The number of esters is 1. The summed E-state index contributed by atoms with van der Waals surface area (Å²) in [4.78, 5) is 10.8. The van der Waals surface area contributed by atoms with Crippen LogP contribution in [0.2, 0.25) is 0 Å². The Balaban J connectivity index is 2.61. The number of hydrogen-bond acceptors (Lipinski definition) is 3.